The molecule has 0 unspecified atom stereocenters. The highest BCUT2D eigenvalue weighted by Crippen LogP contribution is 2.30. The maximum absolute atomic E-state index is 3.76. The molecule has 1 saturated carbocycles. The molecule has 0 aliphatic heterocycles. The van der Waals surface area contributed by atoms with E-state index in [-0.39, 0.29) is 0 Å². The van der Waals surface area contributed by atoms with Crippen LogP contribution < -0.4 is 5.32 Å². The Hall–Kier alpha value is -1.60. The number of nitrogens with one attached hydrogen (secondary N) is 1. The molecule has 2 aromatic rings. The third kappa shape index (κ3) is 2.46. The summed E-state index contributed by atoms with van der Waals surface area (Å²) in [6, 6.07) is 20.5. The first-order valence-corrected chi connectivity index (χ1v) is 6.71. The second-order valence-electron chi connectivity index (χ2n) is 5.14. The number of aryl methyl sites for hydroxylation is 1. The van der Waals surface area contributed by atoms with E-state index in [0.29, 0.717) is 12.1 Å². The highest BCUT2D eigenvalue weighted by molar-refractivity contribution is 5.37. The van der Waals surface area contributed by atoms with E-state index in [1.807, 2.05) is 0 Å². The molecule has 1 nitrogen and oxygen atoms in total. The van der Waals surface area contributed by atoms with Crippen molar-refractivity contribution in [2.75, 3.05) is 0 Å². The lowest BCUT2D eigenvalue weighted by atomic mass is 9.95. The van der Waals surface area contributed by atoms with Crippen LogP contribution >= 0.6 is 0 Å². The topological polar surface area (TPSA) is 12.0 Å². The Morgan fingerprint density at radius 1 is 0.944 bits per heavy atom. The van der Waals surface area contributed by atoms with E-state index in [2.05, 4.69) is 66.8 Å². The Labute approximate surface area is 109 Å². The van der Waals surface area contributed by atoms with Crippen molar-refractivity contribution in [1.82, 2.24) is 5.32 Å². The van der Waals surface area contributed by atoms with Crippen LogP contribution in [0.4, 0.5) is 0 Å². The number of benzene rings is 2. The quantitative estimate of drug-likeness (QED) is 0.852. The van der Waals surface area contributed by atoms with E-state index in [4.69, 9.17) is 0 Å². The SMILES string of the molecule is Cc1ccccc1[C@@H](NC1CC1)c1ccccc1. The first kappa shape index (κ1) is 11.5. The van der Waals surface area contributed by atoms with E-state index < -0.39 is 0 Å². The molecular formula is C17H19N. The Morgan fingerprint density at radius 2 is 1.61 bits per heavy atom. The zero-order chi connectivity index (χ0) is 12.4. The summed E-state index contributed by atoms with van der Waals surface area (Å²) in [7, 11) is 0. The second kappa shape index (κ2) is 4.95. The molecule has 1 N–H and O–H groups in total. The third-order valence-corrected chi connectivity index (χ3v) is 3.61. The first-order valence-electron chi connectivity index (χ1n) is 6.71. The molecule has 0 spiro atoms. The largest absolute Gasteiger partial charge is 0.303 e. The van der Waals surface area contributed by atoms with Crippen LogP contribution in [0, 0.1) is 6.92 Å². The summed E-state index contributed by atoms with van der Waals surface area (Å²) in [5.74, 6) is 0. The zero-order valence-corrected chi connectivity index (χ0v) is 10.8. The van der Waals surface area contributed by atoms with Gasteiger partial charge in [-0.05, 0) is 36.5 Å². The van der Waals surface area contributed by atoms with E-state index in [1.165, 1.54) is 29.5 Å². The third-order valence-electron chi connectivity index (χ3n) is 3.61. The molecule has 1 aliphatic carbocycles. The van der Waals surface area contributed by atoms with Gasteiger partial charge in [-0.3, -0.25) is 0 Å². The summed E-state index contributed by atoms with van der Waals surface area (Å²) < 4.78 is 0. The van der Waals surface area contributed by atoms with Gasteiger partial charge in [0.15, 0.2) is 0 Å². The molecule has 1 atom stereocenters. The number of hydrogen-bond acceptors (Lipinski definition) is 1. The predicted octanol–water partition coefficient (Wildman–Crippen LogP) is 3.84. The molecule has 2 aromatic carbocycles. The minimum Gasteiger partial charge on any atom is -0.303 e. The summed E-state index contributed by atoms with van der Waals surface area (Å²) in [5, 5.41) is 3.76. The molecule has 0 aromatic heterocycles. The van der Waals surface area contributed by atoms with Gasteiger partial charge in [-0.2, -0.15) is 0 Å². The Kier molecular flexibility index (Phi) is 3.16. The minimum absolute atomic E-state index is 0.333. The standard InChI is InChI=1S/C17H19N/c1-13-7-5-6-10-16(13)17(18-15-11-12-15)14-8-3-2-4-9-14/h2-10,15,17-18H,11-12H2,1H3/t17-/m0/s1. The molecule has 0 radical (unpaired) electrons. The molecule has 0 bridgehead atoms. The van der Waals surface area contributed by atoms with Gasteiger partial charge < -0.3 is 5.32 Å². The lowest BCUT2D eigenvalue weighted by Crippen LogP contribution is -2.25. The van der Waals surface area contributed by atoms with Crippen molar-refractivity contribution in [1.29, 1.82) is 0 Å². The number of rotatable bonds is 4. The van der Waals surface area contributed by atoms with Crippen molar-refractivity contribution < 1.29 is 0 Å². The van der Waals surface area contributed by atoms with Crippen LogP contribution in [0.1, 0.15) is 35.6 Å². The fourth-order valence-electron chi connectivity index (χ4n) is 2.41. The molecule has 0 saturated heterocycles. The van der Waals surface area contributed by atoms with Gasteiger partial charge in [0.2, 0.25) is 0 Å². The number of hydrogen-bond donors (Lipinski definition) is 1. The average Bonchev–Trinajstić information content (AvgIpc) is 3.22. The van der Waals surface area contributed by atoms with Crippen molar-refractivity contribution in [2.45, 2.75) is 31.8 Å². The van der Waals surface area contributed by atoms with Crippen molar-refractivity contribution in [3.8, 4) is 0 Å². The van der Waals surface area contributed by atoms with Crippen LogP contribution in [-0.4, -0.2) is 6.04 Å². The summed E-state index contributed by atoms with van der Waals surface area (Å²) in [5.41, 5.74) is 4.12. The van der Waals surface area contributed by atoms with E-state index >= 15 is 0 Å². The highest BCUT2D eigenvalue weighted by atomic mass is 15.0. The highest BCUT2D eigenvalue weighted by Gasteiger charge is 2.26. The second-order valence-corrected chi connectivity index (χ2v) is 5.14. The van der Waals surface area contributed by atoms with Gasteiger partial charge in [-0.15, -0.1) is 0 Å². The lowest BCUT2D eigenvalue weighted by Gasteiger charge is -2.21. The van der Waals surface area contributed by atoms with Gasteiger partial charge in [0, 0.05) is 6.04 Å². The van der Waals surface area contributed by atoms with Crippen LogP contribution in [0.15, 0.2) is 54.6 Å². The maximum Gasteiger partial charge on any atom is 0.0581 e. The minimum atomic E-state index is 0.333. The van der Waals surface area contributed by atoms with E-state index in [0.717, 1.165) is 0 Å². The fraction of sp³-hybridized carbons (Fsp3) is 0.294. The molecule has 3 rings (SSSR count). The van der Waals surface area contributed by atoms with Gasteiger partial charge >= 0.3 is 0 Å². The first-order chi connectivity index (χ1) is 8.84. The van der Waals surface area contributed by atoms with Crippen molar-refractivity contribution in [3.63, 3.8) is 0 Å². The molecule has 1 fully saturated rings. The van der Waals surface area contributed by atoms with Crippen LogP contribution in [0.5, 0.6) is 0 Å². The molecule has 0 heterocycles. The molecular weight excluding hydrogens is 218 g/mol. The molecule has 18 heavy (non-hydrogen) atoms. The summed E-state index contributed by atoms with van der Waals surface area (Å²) in [6.07, 6.45) is 2.63. The maximum atomic E-state index is 3.76. The Bertz CT molecular complexity index is 514. The summed E-state index contributed by atoms with van der Waals surface area (Å²) in [6.45, 7) is 2.19. The Balaban J connectivity index is 1.97. The molecule has 0 amide bonds. The van der Waals surface area contributed by atoms with Crippen molar-refractivity contribution in [2.24, 2.45) is 0 Å². The van der Waals surface area contributed by atoms with Crippen LogP contribution in [0.2, 0.25) is 0 Å². The Morgan fingerprint density at radius 3 is 2.28 bits per heavy atom. The molecule has 1 heteroatoms. The molecule has 1 aliphatic rings. The smallest absolute Gasteiger partial charge is 0.0581 e. The van der Waals surface area contributed by atoms with Crippen molar-refractivity contribution in [3.05, 3.63) is 71.3 Å². The van der Waals surface area contributed by atoms with Gasteiger partial charge in [0.25, 0.3) is 0 Å². The lowest BCUT2D eigenvalue weighted by molar-refractivity contribution is 0.598. The average molecular weight is 237 g/mol. The summed E-state index contributed by atoms with van der Waals surface area (Å²) in [4.78, 5) is 0. The zero-order valence-electron chi connectivity index (χ0n) is 10.8. The van der Waals surface area contributed by atoms with E-state index in [9.17, 15) is 0 Å². The normalized spacial score (nSPS) is 16.5. The van der Waals surface area contributed by atoms with Crippen LogP contribution in [-0.2, 0) is 0 Å². The van der Waals surface area contributed by atoms with Gasteiger partial charge in [0.05, 0.1) is 6.04 Å². The monoisotopic (exact) mass is 237 g/mol. The van der Waals surface area contributed by atoms with Gasteiger partial charge in [0.1, 0.15) is 0 Å². The van der Waals surface area contributed by atoms with E-state index in [1.54, 1.807) is 0 Å². The fourth-order valence-corrected chi connectivity index (χ4v) is 2.41. The van der Waals surface area contributed by atoms with Crippen LogP contribution in [0.3, 0.4) is 0 Å². The van der Waals surface area contributed by atoms with Crippen molar-refractivity contribution >= 4 is 0 Å². The summed E-state index contributed by atoms with van der Waals surface area (Å²) >= 11 is 0. The van der Waals surface area contributed by atoms with Gasteiger partial charge in [-0.25, -0.2) is 0 Å². The molecule has 92 valence electrons. The van der Waals surface area contributed by atoms with Crippen LogP contribution in [0.25, 0.3) is 0 Å². The predicted molar refractivity (Wildman–Crippen MR) is 75.6 cm³/mol. The van der Waals surface area contributed by atoms with Gasteiger partial charge in [-0.1, -0.05) is 54.6 Å².